The molecule has 2 fully saturated rings. The molecule has 17 heteroatoms. The van der Waals surface area contributed by atoms with Crippen molar-refractivity contribution in [2.75, 3.05) is 13.2 Å². The molecule has 2 heterocycles. The Morgan fingerprint density at radius 1 is 0.366 bits per heavy atom. The Labute approximate surface area is 406 Å². The van der Waals surface area contributed by atoms with Crippen LogP contribution in [0.3, 0.4) is 0 Å². The fourth-order valence-electron chi connectivity index (χ4n) is 7.79. The fraction of sp³-hybridized carbons (Fsp3) is 0.222. The highest BCUT2D eigenvalue weighted by Crippen LogP contribution is 2.36. The van der Waals surface area contributed by atoms with Crippen LogP contribution in [0.5, 0.6) is 0 Å². The lowest BCUT2D eigenvalue weighted by atomic mass is 9.95. The number of hydrogen-bond acceptors (Lipinski definition) is 17. The minimum Gasteiger partial charge on any atom is -0.459 e. The molecule has 0 spiro atoms. The van der Waals surface area contributed by atoms with E-state index in [2.05, 4.69) is 0 Å². The highest BCUT2D eigenvalue weighted by atomic mass is 16.8. The van der Waals surface area contributed by atoms with Gasteiger partial charge in [0.1, 0.15) is 24.9 Å². The van der Waals surface area contributed by atoms with Crippen LogP contribution >= 0.6 is 0 Å². The molecule has 2 saturated heterocycles. The van der Waals surface area contributed by atoms with Gasteiger partial charge in [0.05, 0.1) is 40.0 Å². The van der Waals surface area contributed by atoms with E-state index in [9.17, 15) is 39.0 Å². The van der Waals surface area contributed by atoms with Gasteiger partial charge in [0.15, 0.2) is 43.1 Å². The smallest absolute Gasteiger partial charge is 0.338 e. The third-order valence-corrected chi connectivity index (χ3v) is 11.3. The van der Waals surface area contributed by atoms with Crippen LogP contribution in [0, 0.1) is 0 Å². The number of rotatable bonds is 16. The van der Waals surface area contributed by atoms with E-state index in [4.69, 9.17) is 42.6 Å². The van der Waals surface area contributed by atoms with E-state index >= 15 is 0 Å². The lowest BCUT2D eigenvalue weighted by Crippen LogP contribution is -2.67. The fourth-order valence-corrected chi connectivity index (χ4v) is 7.79. The van der Waals surface area contributed by atoms with Crippen LogP contribution < -0.4 is 0 Å². The van der Waals surface area contributed by atoms with Gasteiger partial charge < -0.3 is 52.8 Å². The van der Waals surface area contributed by atoms with E-state index in [-0.39, 0.29) is 33.4 Å². The van der Waals surface area contributed by atoms with Crippen LogP contribution in [0.1, 0.15) is 62.1 Å². The minimum absolute atomic E-state index is 0.0128. The molecule has 0 unspecified atom stereocenters. The van der Waals surface area contributed by atoms with Gasteiger partial charge in [-0.3, -0.25) is 0 Å². The average molecular weight is 967 g/mol. The minimum atomic E-state index is -2.08. The molecule has 0 bridgehead atoms. The first kappa shape index (κ1) is 49.4. The molecule has 2 N–H and O–H groups in total. The van der Waals surface area contributed by atoms with Crippen molar-refractivity contribution >= 4 is 35.8 Å². The van der Waals surface area contributed by atoms with Crippen LogP contribution in [0.25, 0.3) is 0 Å². The molecule has 2 aliphatic heterocycles. The number of carbonyl (C=O) groups is 6. The third kappa shape index (κ3) is 12.2. The van der Waals surface area contributed by atoms with E-state index in [0.29, 0.717) is 0 Å². The Kier molecular flexibility index (Phi) is 16.3. The van der Waals surface area contributed by atoms with Crippen molar-refractivity contribution in [2.45, 2.75) is 61.4 Å². The molecule has 6 aromatic carbocycles. The molecular weight excluding hydrogens is 921 g/mol. The number of aliphatic hydroxyl groups is 2. The second kappa shape index (κ2) is 23.5. The number of aliphatic hydroxyl groups excluding tert-OH is 2. The van der Waals surface area contributed by atoms with Crippen LogP contribution in [-0.4, -0.2) is 121 Å². The molecule has 6 aromatic rings. The second-order valence-corrected chi connectivity index (χ2v) is 16.0. The van der Waals surface area contributed by atoms with Crippen molar-refractivity contribution in [1.82, 2.24) is 0 Å². The maximum Gasteiger partial charge on any atom is 0.338 e. The summed E-state index contributed by atoms with van der Waals surface area (Å²) >= 11 is 0. The van der Waals surface area contributed by atoms with E-state index < -0.39 is 110 Å². The number of hydrogen-bond donors (Lipinski definition) is 2. The van der Waals surface area contributed by atoms with Crippen molar-refractivity contribution in [2.24, 2.45) is 0 Å². The van der Waals surface area contributed by atoms with Gasteiger partial charge in [0.2, 0.25) is 0 Å². The summed E-state index contributed by atoms with van der Waals surface area (Å²) < 4.78 is 54.9. The van der Waals surface area contributed by atoms with Crippen molar-refractivity contribution in [3.8, 4) is 0 Å². The monoisotopic (exact) mass is 966 g/mol. The molecule has 2 aliphatic rings. The predicted octanol–water partition coefficient (Wildman–Crippen LogP) is 5.79. The Morgan fingerprint density at radius 3 is 1.04 bits per heavy atom. The summed E-state index contributed by atoms with van der Waals surface area (Å²) in [6.45, 7) is -1.64. The summed E-state index contributed by atoms with van der Waals surface area (Å²) in [7, 11) is 0. The van der Waals surface area contributed by atoms with Crippen molar-refractivity contribution in [3.63, 3.8) is 0 Å². The number of ether oxygens (including phenoxy) is 9. The topological polar surface area (TPSA) is 226 Å². The number of esters is 6. The maximum absolute atomic E-state index is 14.2. The van der Waals surface area contributed by atoms with Gasteiger partial charge >= 0.3 is 35.8 Å². The highest BCUT2D eigenvalue weighted by molar-refractivity contribution is 5.92. The second-order valence-electron chi connectivity index (χ2n) is 16.0. The summed E-state index contributed by atoms with van der Waals surface area (Å²) in [6, 6.07) is 46.4. The average Bonchev–Trinajstić information content (AvgIpc) is 3.42. The first-order chi connectivity index (χ1) is 34.6. The number of benzene rings is 6. The molecule has 0 amide bonds. The molecule has 10 atom stereocenters. The Morgan fingerprint density at radius 2 is 0.676 bits per heavy atom. The SMILES string of the molecule is O=C(OC[C@H]1O[C@H](O)[C@@H](OC(=O)c2ccccc2)[C@@H](OC(=O)c2ccccc2)[C@@H]1O[C@@H]1O[C@H](CO)[C@H](OC(=O)c2ccccc2)[C@H](OC(=O)c2ccccc2)[C@H]1OC(=O)c1ccccc1)c1ccccc1. The molecule has 71 heavy (non-hydrogen) atoms. The molecule has 0 saturated carbocycles. The molecule has 8 rings (SSSR count). The molecule has 17 nitrogen and oxygen atoms in total. The Hall–Kier alpha value is -8.06. The van der Waals surface area contributed by atoms with Gasteiger partial charge in [-0.05, 0) is 72.8 Å². The van der Waals surface area contributed by atoms with Gasteiger partial charge in [0.25, 0.3) is 0 Å². The lowest BCUT2D eigenvalue weighted by molar-refractivity contribution is -0.352. The van der Waals surface area contributed by atoms with Gasteiger partial charge in [-0.1, -0.05) is 109 Å². The maximum atomic E-state index is 14.2. The van der Waals surface area contributed by atoms with Crippen LogP contribution in [0.15, 0.2) is 182 Å². The van der Waals surface area contributed by atoms with Gasteiger partial charge in [0, 0.05) is 0 Å². The van der Waals surface area contributed by atoms with Gasteiger partial charge in [-0.15, -0.1) is 0 Å². The van der Waals surface area contributed by atoms with Gasteiger partial charge in [-0.25, -0.2) is 28.8 Å². The van der Waals surface area contributed by atoms with E-state index in [0.717, 1.165) is 0 Å². The molecule has 0 aliphatic carbocycles. The van der Waals surface area contributed by atoms with Gasteiger partial charge in [-0.2, -0.15) is 0 Å². The molecule has 364 valence electrons. The van der Waals surface area contributed by atoms with E-state index in [1.807, 2.05) is 0 Å². The van der Waals surface area contributed by atoms with Crippen LogP contribution in [0.4, 0.5) is 0 Å². The zero-order chi connectivity index (χ0) is 49.7. The van der Waals surface area contributed by atoms with E-state index in [1.165, 1.54) is 72.8 Å². The number of carbonyl (C=O) groups excluding carboxylic acids is 6. The zero-order valence-corrected chi connectivity index (χ0v) is 37.5. The quantitative estimate of drug-likeness (QED) is 0.0864. The lowest BCUT2D eigenvalue weighted by Gasteiger charge is -2.48. The summed E-state index contributed by atoms with van der Waals surface area (Å²) in [6.07, 6.45) is -18.4. The Bertz CT molecular complexity index is 2730. The summed E-state index contributed by atoms with van der Waals surface area (Å²) in [4.78, 5) is 83.3. The zero-order valence-electron chi connectivity index (χ0n) is 37.5. The first-order valence-electron chi connectivity index (χ1n) is 22.4. The summed E-state index contributed by atoms with van der Waals surface area (Å²) in [5.41, 5.74) is 0.308. The molecule has 0 radical (unpaired) electrons. The largest absolute Gasteiger partial charge is 0.459 e. The first-order valence-corrected chi connectivity index (χ1v) is 22.4. The van der Waals surface area contributed by atoms with Crippen LogP contribution in [-0.2, 0) is 42.6 Å². The third-order valence-electron chi connectivity index (χ3n) is 11.3. The predicted molar refractivity (Wildman–Crippen MR) is 246 cm³/mol. The van der Waals surface area contributed by atoms with Crippen molar-refractivity contribution < 1.29 is 81.6 Å². The summed E-state index contributed by atoms with van der Waals surface area (Å²) in [5, 5.41) is 22.7. The Balaban J connectivity index is 1.24. The highest BCUT2D eigenvalue weighted by Gasteiger charge is 2.58. The standard InChI is InChI=1S/C54H46O17/c55-31-39-41(66-48(57)34-21-9-2-10-22-34)44(68-50(59)36-25-13-4-14-26-36)46(70-52(61)38-29-17-6-18-30-38)54(65-39)71-42-40(32-63-47(56)33-19-7-1-8-20-33)64-53(62)45(69-51(60)37-27-15-5-16-28-37)43(42)67-49(58)35-23-11-3-12-24-35/h1-30,39-46,53-55,62H,31-32H2/t39-,40-,41+,42-,43+,44+,45+,46-,53+,54+/m1/s1. The van der Waals surface area contributed by atoms with Crippen LogP contribution in [0.2, 0.25) is 0 Å². The summed E-state index contributed by atoms with van der Waals surface area (Å²) in [5.74, 6) is -5.73. The molecular formula is C54H46O17. The van der Waals surface area contributed by atoms with Crippen molar-refractivity contribution in [3.05, 3.63) is 215 Å². The normalized spacial score (nSPS) is 23.7. The molecule has 0 aromatic heterocycles. The van der Waals surface area contributed by atoms with E-state index in [1.54, 1.807) is 109 Å². The van der Waals surface area contributed by atoms with Crippen molar-refractivity contribution in [1.29, 1.82) is 0 Å².